The minimum Gasteiger partial charge on any atom is -0.490 e. The molecule has 0 radical (unpaired) electrons. The van der Waals surface area contributed by atoms with E-state index in [0.717, 1.165) is 29.9 Å². The van der Waals surface area contributed by atoms with Crippen molar-refractivity contribution in [2.45, 2.75) is 39.7 Å². The predicted molar refractivity (Wildman–Crippen MR) is 85.3 cm³/mol. The smallest absolute Gasteiger partial charge is 0.235 e. The number of hydrogen-bond acceptors (Lipinski definition) is 3. The van der Waals surface area contributed by atoms with Gasteiger partial charge in [-0.1, -0.05) is 19.9 Å². The van der Waals surface area contributed by atoms with Crippen LogP contribution >= 0.6 is 11.6 Å². The number of carbonyl (C=O) groups is 1. The van der Waals surface area contributed by atoms with Crippen molar-refractivity contribution < 1.29 is 14.3 Å². The van der Waals surface area contributed by atoms with Crippen molar-refractivity contribution in [3.63, 3.8) is 0 Å². The number of nitrogens with one attached hydrogen (secondary N) is 1. The number of carbonyl (C=O) groups excluding carboxylic acids is 1. The lowest BCUT2D eigenvalue weighted by atomic mass is 10.1. The number of rotatable bonds is 9. The Morgan fingerprint density at radius 3 is 2.38 bits per heavy atom. The van der Waals surface area contributed by atoms with E-state index in [9.17, 15) is 4.79 Å². The van der Waals surface area contributed by atoms with Crippen molar-refractivity contribution in [3.8, 4) is 11.5 Å². The molecule has 1 amide bonds. The largest absolute Gasteiger partial charge is 0.490 e. The van der Waals surface area contributed by atoms with E-state index in [4.69, 9.17) is 21.1 Å². The van der Waals surface area contributed by atoms with Crippen LogP contribution in [0.5, 0.6) is 11.5 Å². The molecule has 0 saturated carbocycles. The first kappa shape index (κ1) is 17.6. The molecule has 0 aromatic heterocycles. The molecule has 0 fully saturated rings. The highest BCUT2D eigenvalue weighted by Crippen LogP contribution is 2.31. The van der Waals surface area contributed by atoms with Gasteiger partial charge >= 0.3 is 0 Å². The maximum absolute atomic E-state index is 11.4. The van der Waals surface area contributed by atoms with Gasteiger partial charge in [0.05, 0.1) is 19.3 Å². The second kappa shape index (κ2) is 9.50. The fraction of sp³-hybridized carbons (Fsp3) is 0.562. The second-order valence-electron chi connectivity index (χ2n) is 4.83. The number of alkyl halides is 1. The molecule has 0 heterocycles. The third kappa shape index (κ3) is 5.84. The summed E-state index contributed by atoms with van der Waals surface area (Å²) >= 11 is 5.51. The number of hydrogen-bond donors (Lipinski definition) is 1. The summed E-state index contributed by atoms with van der Waals surface area (Å²) in [6, 6.07) is 5.61. The van der Waals surface area contributed by atoms with Crippen LogP contribution in [0.15, 0.2) is 18.2 Å². The Balaban J connectivity index is 2.88. The molecule has 21 heavy (non-hydrogen) atoms. The van der Waals surface area contributed by atoms with E-state index in [1.165, 1.54) is 0 Å². The zero-order chi connectivity index (χ0) is 15.7. The van der Waals surface area contributed by atoms with Crippen molar-refractivity contribution in [1.29, 1.82) is 0 Å². The Bertz CT molecular complexity index is 451. The third-order valence-corrected chi connectivity index (χ3v) is 3.13. The van der Waals surface area contributed by atoms with Gasteiger partial charge in [-0.25, -0.2) is 0 Å². The highest BCUT2D eigenvalue weighted by molar-refractivity contribution is 6.27. The molecule has 5 heteroatoms. The van der Waals surface area contributed by atoms with E-state index < -0.39 is 0 Å². The predicted octanol–water partition coefficient (Wildman–Crippen LogP) is 3.68. The van der Waals surface area contributed by atoms with Crippen LogP contribution in [0.2, 0.25) is 0 Å². The van der Waals surface area contributed by atoms with Crippen molar-refractivity contribution in [2.75, 3.05) is 19.1 Å². The maximum atomic E-state index is 11.4. The van der Waals surface area contributed by atoms with Crippen molar-refractivity contribution in [1.82, 2.24) is 5.32 Å². The van der Waals surface area contributed by atoms with Crippen LogP contribution in [0.3, 0.4) is 0 Å². The summed E-state index contributed by atoms with van der Waals surface area (Å²) in [5.41, 5.74) is 0.961. The number of benzene rings is 1. The van der Waals surface area contributed by atoms with E-state index in [0.29, 0.717) is 13.2 Å². The normalized spacial score (nSPS) is 11.8. The van der Waals surface area contributed by atoms with Gasteiger partial charge in [-0.2, -0.15) is 0 Å². The Hall–Kier alpha value is -1.42. The minimum absolute atomic E-state index is 0.0404. The molecule has 1 rings (SSSR count). The van der Waals surface area contributed by atoms with Crippen LogP contribution in [-0.4, -0.2) is 25.0 Å². The second-order valence-corrected chi connectivity index (χ2v) is 5.09. The van der Waals surface area contributed by atoms with E-state index in [1.54, 1.807) is 0 Å². The molecule has 1 aromatic rings. The van der Waals surface area contributed by atoms with Gasteiger partial charge in [0.2, 0.25) is 5.91 Å². The summed E-state index contributed by atoms with van der Waals surface area (Å²) in [7, 11) is 0. The number of ether oxygens (including phenoxy) is 2. The third-order valence-electron chi connectivity index (χ3n) is 2.89. The van der Waals surface area contributed by atoms with Crippen LogP contribution in [0.25, 0.3) is 0 Å². The zero-order valence-electron chi connectivity index (χ0n) is 12.9. The molecular weight excluding hydrogens is 290 g/mol. The SMILES string of the molecule is CCCOc1ccc(C(C)NC(=O)CCl)cc1OCCC. The molecule has 0 aliphatic rings. The Kier molecular flexibility index (Phi) is 7.98. The van der Waals surface area contributed by atoms with Gasteiger partial charge in [0.25, 0.3) is 0 Å². The van der Waals surface area contributed by atoms with Crippen LogP contribution in [-0.2, 0) is 4.79 Å². The van der Waals surface area contributed by atoms with Gasteiger partial charge in [-0.05, 0) is 37.5 Å². The van der Waals surface area contributed by atoms with Gasteiger partial charge in [-0.3, -0.25) is 4.79 Å². The minimum atomic E-state index is -0.188. The molecule has 1 aromatic carbocycles. The van der Waals surface area contributed by atoms with Crippen molar-refractivity contribution in [3.05, 3.63) is 23.8 Å². The van der Waals surface area contributed by atoms with Gasteiger partial charge in [0.1, 0.15) is 5.88 Å². The molecule has 118 valence electrons. The first-order chi connectivity index (χ1) is 10.1. The Labute approximate surface area is 131 Å². The quantitative estimate of drug-likeness (QED) is 0.707. The van der Waals surface area contributed by atoms with Gasteiger partial charge in [0, 0.05) is 0 Å². The summed E-state index contributed by atoms with van der Waals surface area (Å²) in [5.74, 6) is 1.23. The maximum Gasteiger partial charge on any atom is 0.235 e. The molecule has 1 atom stereocenters. The monoisotopic (exact) mass is 313 g/mol. The Morgan fingerprint density at radius 1 is 1.19 bits per heavy atom. The van der Waals surface area contributed by atoms with Crippen molar-refractivity contribution in [2.24, 2.45) is 0 Å². The molecule has 0 aliphatic carbocycles. The van der Waals surface area contributed by atoms with Crippen LogP contribution in [0.1, 0.15) is 45.2 Å². The summed E-state index contributed by atoms with van der Waals surface area (Å²) in [6.45, 7) is 7.31. The Morgan fingerprint density at radius 2 is 1.81 bits per heavy atom. The van der Waals surface area contributed by atoms with Crippen LogP contribution in [0.4, 0.5) is 0 Å². The average molecular weight is 314 g/mol. The summed E-state index contributed by atoms with van der Waals surface area (Å²) in [4.78, 5) is 11.4. The lowest BCUT2D eigenvalue weighted by Gasteiger charge is -2.17. The highest BCUT2D eigenvalue weighted by atomic mass is 35.5. The average Bonchev–Trinajstić information content (AvgIpc) is 2.50. The highest BCUT2D eigenvalue weighted by Gasteiger charge is 2.13. The van der Waals surface area contributed by atoms with E-state index in [2.05, 4.69) is 19.2 Å². The lowest BCUT2D eigenvalue weighted by molar-refractivity contribution is -0.119. The number of amides is 1. The fourth-order valence-corrected chi connectivity index (χ4v) is 1.89. The topological polar surface area (TPSA) is 47.6 Å². The zero-order valence-corrected chi connectivity index (χ0v) is 13.7. The molecule has 4 nitrogen and oxygen atoms in total. The van der Waals surface area contributed by atoms with E-state index in [1.807, 2.05) is 25.1 Å². The first-order valence-electron chi connectivity index (χ1n) is 7.37. The summed E-state index contributed by atoms with van der Waals surface area (Å²) in [6.07, 6.45) is 1.87. The van der Waals surface area contributed by atoms with E-state index >= 15 is 0 Å². The van der Waals surface area contributed by atoms with Gasteiger partial charge in [-0.15, -0.1) is 11.6 Å². The summed E-state index contributed by atoms with van der Waals surface area (Å²) in [5, 5.41) is 2.82. The molecule has 1 N–H and O–H groups in total. The summed E-state index contributed by atoms with van der Waals surface area (Å²) < 4.78 is 11.4. The molecule has 0 spiro atoms. The lowest BCUT2D eigenvalue weighted by Crippen LogP contribution is -2.27. The molecule has 0 saturated heterocycles. The van der Waals surface area contributed by atoms with Crippen LogP contribution < -0.4 is 14.8 Å². The van der Waals surface area contributed by atoms with Gasteiger partial charge in [0.15, 0.2) is 11.5 Å². The van der Waals surface area contributed by atoms with Gasteiger partial charge < -0.3 is 14.8 Å². The molecule has 1 unspecified atom stereocenters. The first-order valence-corrected chi connectivity index (χ1v) is 7.90. The number of halogens is 1. The van der Waals surface area contributed by atoms with Crippen LogP contribution in [0, 0.1) is 0 Å². The molecule has 0 bridgehead atoms. The fourth-order valence-electron chi connectivity index (χ4n) is 1.81. The standard InChI is InChI=1S/C16H24ClNO3/c1-4-8-20-14-7-6-13(10-15(14)21-9-5-2)12(3)18-16(19)11-17/h6-7,10,12H,4-5,8-9,11H2,1-3H3,(H,18,19). The molecular formula is C16H24ClNO3. The van der Waals surface area contributed by atoms with E-state index in [-0.39, 0.29) is 17.8 Å². The van der Waals surface area contributed by atoms with Crippen molar-refractivity contribution >= 4 is 17.5 Å². The molecule has 0 aliphatic heterocycles.